The molecule has 0 spiro atoms. The fourth-order valence-corrected chi connectivity index (χ4v) is 5.40. The molecule has 4 rings (SSSR count). The number of benzene rings is 4. The van der Waals surface area contributed by atoms with Crippen molar-refractivity contribution < 1.29 is 14.3 Å². The lowest BCUT2D eigenvalue weighted by atomic mass is 9.70. The maximum absolute atomic E-state index is 12.4. The summed E-state index contributed by atoms with van der Waals surface area (Å²) in [7, 11) is 0. The van der Waals surface area contributed by atoms with Crippen molar-refractivity contribution in [3.63, 3.8) is 0 Å². The second-order valence-electron chi connectivity index (χ2n) is 12.1. The molecule has 4 aromatic rings. The van der Waals surface area contributed by atoms with Gasteiger partial charge < -0.3 is 9.47 Å². The minimum absolute atomic E-state index is 0.0915. The number of rotatable bonds is 11. The van der Waals surface area contributed by atoms with E-state index in [1.165, 1.54) is 22.3 Å². The number of aryl methyl sites for hydroxylation is 2. The van der Waals surface area contributed by atoms with Crippen molar-refractivity contribution in [2.24, 2.45) is 5.41 Å². The van der Waals surface area contributed by atoms with E-state index < -0.39 is 5.41 Å². The summed E-state index contributed by atoms with van der Waals surface area (Å²) in [5.41, 5.74) is 7.77. The number of carbonyl (C=O) groups excluding carboxylic acids is 1. The topological polar surface area (TPSA) is 35.5 Å². The minimum Gasteiger partial charge on any atom is -0.489 e. The van der Waals surface area contributed by atoms with Gasteiger partial charge in [-0.2, -0.15) is 0 Å². The molecule has 4 aromatic carbocycles. The van der Waals surface area contributed by atoms with Crippen molar-refractivity contribution in [2.45, 2.75) is 73.3 Å². The van der Waals surface area contributed by atoms with Crippen LogP contribution in [0.3, 0.4) is 0 Å². The van der Waals surface area contributed by atoms with Crippen LogP contribution >= 0.6 is 0 Å². The van der Waals surface area contributed by atoms with Crippen molar-refractivity contribution in [1.29, 1.82) is 0 Å². The van der Waals surface area contributed by atoms with Gasteiger partial charge in [0, 0.05) is 10.8 Å². The third-order valence-electron chi connectivity index (χ3n) is 8.31. The van der Waals surface area contributed by atoms with Gasteiger partial charge in [0.2, 0.25) is 0 Å². The Kier molecular flexibility index (Phi) is 9.38. The van der Waals surface area contributed by atoms with Crippen LogP contribution in [0, 0.1) is 19.3 Å². The molecule has 0 aromatic heterocycles. The smallest absolute Gasteiger partial charge is 0.175 e. The van der Waals surface area contributed by atoms with Crippen LogP contribution in [0.4, 0.5) is 0 Å². The van der Waals surface area contributed by atoms with Crippen molar-refractivity contribution in [2.75, 3.05) is 6.61 Å². The summed E-state index contributed by atoms with van der Waals surface area (Å²) in [5, 5.41) is 0. The van der Waals surface area contributed by atoms with Gasteiger partial charge >= 0.3 is 0 Å². The van der Waals surface area contributed by atoms with Crippen LogP contribution in [0.25, 0.3) is 11.1 Å². The Bertz CT molecular complexity index is 1460. The summed E-state index contributed by atoms with van der Waals surface area (Å²) in [6.45, 7) is 15.1. The summed E-state index contributed by atoms with van der Waals surface area (Å²) < 4.78 is 12.2. The fraction of sp³-hybridized carbons (Fsp3) is 0.342. The van der Waals surface area contributed by atoms with Crippen LogP contribution in [0.1, 0.15) is 75.3 Å². The van der Waals surface area contributed by atoms with Crippen LogP contribution in [-0.4, -0.2) is 12.4 Å². The molecule has 0 unspecified atom stereocenters. The number of Topliss-reactive ketones (excluding diaryl/α,β-unsaturated/α-hetero) is 1. The SMILES string of the molecule is CCC(CC)(c1ccc(OCC(=O)C(C)(C)C)c(C)c1)c1ccc(OCc2ccc(-c3ccccc3)cc2)c(C)c1. The zero-order chi connectivity index (χ0) is 29.6. The van der Waals surface area contributed by atoms with Crippen LogP contribution < -0.4 is 9.47 Å². The number of ether oxygens (including phenoxy) is 2. The predicted molar refractivity (Wildman–Crippen MR) is 170 cm³/mol. The quantitative estimate of drug-likeness (QED) is 0.187. The fourth-order valence-electron chi connectivity index (χ4n) is 5.40. The molecule has 0 amide bonds. The molecule has 3 heteroatoms. The van der Waals surface area contributed by atoms with E-state index in [2.05, 4.69) is 107 Å². The monoisotopic (exact) mass is 548 g/mol. The maximum atomic E-state index is 12.4. The summed E-state index contributed by atoms with van der Waals surface area (Å²) in [6, 6.07) is 32.0. The Morgan fingerprint density at radius 2 is 1.17 bits per heavy atom. The number of hydrogen-bond acceptors (Lipinski definition) is 3. The van der Waals surface area contributed by atoms with E-state index >= 15 is 0 Å². The van der Waals surface area contributed by atoms with Gasteiger partial charge in [-0.15, -0.1) is 0 Å². The van der Waals surface area contributed by atoms with Gasteiger partial charge in [-0.05, 0) is 77.8 Å². The first kappa shape index (κ1) is 30.1. The predicted octanol–water partition coefficient (Wildman–Crippen LogP) is 9.65. The highest BCUT2D eigenvalue weighted by Gasteiger charge is 2.32. The molecule has 0 N–H and O–H groups in total. The van der Waals surface area contributed by atoms with Gasteiger partial charge in [0.15, 0.2) is 5.78 Å². The molecule has 0 aliphatic rings. The molecule has 0 saturated heterocycles. The Morgan fingerprint density at radius 3 is 1.66 bits per heavy atom. The first-order chi connectivity index (χ1) is 19.6. The van der Waals surface area contributed by atoms with E-state index in [4.69, 9.17) is 9.47 Å². The van der Waals surface area contributed by atoms with E-state index in [-0.39, 0.29) is 17.8 Å². The molecule has 41 heavy (non-hydrogen) atoms. The van der Waals surface area contributed by atoms with Crippen molar-refractivity contribution >= 4 is 5.78 Å². The van der Waals surface area contributed by atoms with Gasteiger partial charge in [-0.25, -0.2) is 0 Å². The van der Waals surface area contributed by atoms with Crippen LogP contribution in [-0.2, 0) is 16.8 Å². The molecule has 0 saturated carbocycles. The molecule has 0 bridgehead atoms. The average Bonchev–Trinajstić information content (AvgIpc) is 2.97. The van der Waals surface area contributed by atoms with Crippen LogP contribution in [0.2, 0.25) is 0 Å². The number of ketones is 1. The highest BCUT2D eigenvalue weighted by Crippen LogP contribution is 2.41. The molecule has 214 valence electrons. The Hall–Kier alpha value is -3.85. The Morgan fingerprint density at radius 1 is 0.659 bits per heavy atom. The van der Waals surface area contributed by atoms with E-state index in [1.807, 2.05) is 32.9 Å². The van der Waals surface area contributed by atoms with Crippen LogP contribution in [0.15, 0.2) is 91.0 Å². The standard InChI is InChI=1S/C38H44O3/c1-8-38(9-2,33-20-22-35(28(4)24-33)41-26-36(39)37(5,6)7)32-19-21-34(27(3)23-32)40-25-29-15-17-31(18-16-29)30-13-11-10-12-14-30/h10-24H,8-9,25-26H2,1-7H3. The van der Waals surface area contributed by atoms with Crippen molar-refractivity contribution in [3.05, 3.63) is 119 Å². The highest BCUT2D eigenvalue weighted by molar-refractivity contribution is 5.85. The summed E-state index contributed by atoms with van der Waals surface area (Å²) >= 11 is 0. The zero-order valence-corrected chi connectivity index (χ0v) is 25.7. The Balaban J connectivity index is 1.49. The van der Waals surface area contributed by atoms with E-state index in [0.29, 0.717) is 6.61 Å². The third kappa shape index (κ3) is 6.90. The maximum Gasteiger partial charge on any atom is 0.175 e. The second kappa shape index (κ2) is 12.8. The first-order valence-electron chi connectivity index (χ1n) is 14.7. The summed E-state index contributed by atoms with van der Waals surface area (Å²) in [5.74, 6) is 1.77. The van der Waals surface area contributed by atoms with Gasteiger partial charge in [0.05, 0.1) is 0 Å². The molecule has 0 aliphatic carbocycles. The van der Waals surface area contributed by atoms with Gasteiger partial charge in [-0.3, -0.25) is 4.79 Å². The molecule has 0 fully saturated rings. The molecular formula is C38H44O3. The number of hydrogen-bond donors (Lipinski definition) is 0. The van der Waals surface area contributed by atoms with Gasteiger partial charge in [0.1, 0.15) is 24.7 Å². The van der Waals surface area contributed by atoms with Crippen LogP contribution in [0.5, 0.6) is 11.5 Å². The average molecular weight is 549 g/mol. The lowest BCUT2D eigenvalue weighted by Crippen LogP contribution is -2.27. The molecular weight excluding hydrogens is 504 g/mol. The van der Waals surface area contributed by atoms with Gasteiger partial charge in [-0.1, -0.05) is 113 Å². The molecule has 0 aliphatic heterocycles. The summed E-state index contributed by atoms with van der Waals surface area (Å²) in [6.07, 6.45) is 1.94. The normalized spacial score (nSPS) is 11.8. The Labute approximate surface area is 246 Å². The zero-order valence-electron chi connectivity index (χ0n) is 25.7. The van der Waals surface area contributed by atoms with Crippen molar-refractivity contribution in [3.8, 4) is 22.6 Å². The van der Waals surface area contributed by atoms with Crippen molar-refractivity contribution in [1.82, 2.24) is 0 Å². The second-order valence-corrected chi connectivity index (χ2v) is 12.1. The minimum atomic E-state index is -0.409. The van der Waals surface area contributed by atoms with E-state index in [1.54, 1.807) is 0 Å². The largest absolute Gasteiger partial charge is 0.489 e. The highest BCUT2D eigenvalue weighted by atomic mass is 16.5. The van der Waals surface area contributed by atoms with E-state index in [0.717, 1.165) is 41.0 Å². The molecule has 3 nitrogen and oxygen atoms in total. The number of carbonyl (C=O) groups is 1. The molecule has 0 heterocycles. The summed E-state index contributed by atoms with van der Waals surface area (Å²) in [4.78, 5) is 12.4. The first-order valence-corrected chi connectivity index (χ1v) is 14.7. The third-order valence-corrected chi connectivity index (χ3v) is 8.31. The molecule has 0 radical (unpaired) electrons. The van der Waals surface area contributed by atoms with Gasteiger partial charge in [0.25, 0.3) is 0 Å². The lowest BCUT2D eigenvalue weighted by Gasteiger charge is -2.34. The lowest BCUT2D eigenvalue weighted by molar-refractivity contribution is -0.128. The van der Waals surface area contributed by atoms with E-state index in [9.17, 15) is 4.79 Å². The molecule has 0 atom stereocenters.